The first kappa shape index (κ1) is 14.5. The Labute approximate surface area is 107 Å². The van der Waals surface area contributed by atoms with E-state index in [1.54, 1.807) is 0 Å². The van der Waals surface area contributed by atoms with Gasteiger partial charge in [0.2, 0.25) is 0 Å². The van der Waals surface area contributed by atoms with Gasteiger partial charge in [-0.05, 0) is 34.1 Å². The number of hydrogen-bond acceptors (Lipinski definition) is 2. The number of nitrogens with zero attached hydrogens (tertiary/aromatic N) is 2. The number of unbranched alkanes of at least 4 members (excludes halogenated alkanes) is 4. The standard InChI is InChI=1S/C15H30N2/c1-6-7-8-9-10-11-14-16-15(4,5)12-17(14)13(2)3/h13H,6-12H2,1-5H3. The Bertz CT molecular complexity index is 254. The summed E-state index contributed by atoms with van der Waals surface area (Å²) in [5.74, 6) is 1.35. The minimum atomic E-state index is 0.128. The molecule has 1 rings (SSSR count). The summed E-state index contributed by atoms with van der Waals surface area (Å²) in [5, 5.41) is 0. The molecule has 0 aliphatic carbocycles. The van der Waals surface area contributed by atoms with Crippen LogP contribution in [0.15, 0.2) is 4.99 Å². The van der Waals surface area contributed by atoms with Gasteiger partial charge in [-0.15, -0.1) is 0 Å². The third kappa shape index (κ3) is 4.69. The molecule has 0 radical (unpaired) electrons. The lowest BCUT2D eigenvalue weighted by molar-refractivity contribution is 0.320. The smallest absolute Gasteiger partial charge is 0.0999 e. The fourth-order valence-electron chi connectivity index (χ4n) is 2.52. The first-order valence-electron chi connectivity index (χ1n) is 7.31. The van der Waals surface area contributed by atoms with Crippen molar-refractivity contribution in [2.24, 2.45) is 4.99 Å². The van der Waals surface area contributed by atoms with E-state index in [0.29, 0.717) is 6.04 Å². The molecule has 2 nitrogen and oxygen atoms in total. The van der Waals surface area contributed by atoms with Crippen molar-refractivity contribution in [3.8, 4) is 0 Å². The Morgan fingerprint density at radius 1 is 1.18 bits per heavy atom. The molecule has 0 amide bonds. The van der Waals surface area contributed by atoms with E-state index in [-0.39, 0.29) is 5.54 Å². The number of aliphatic imine (C=N–C) groups is 1. The van der Waals surface area contributed by atoms with E-state index in [1.807, 2.05) is 0 Å². The SMILES string of the molecule is CCCCCCCC1=NC(C)(C)CN1C(C)C. The summed E-state index contributed by atoms with van der Waals surface area (Å²) in [6, 6.07) is 0.589. The monoisotopic (exact) mass is 238 g/mol. The maximum absolute atomic E-state index is 4.88. The topological polar surface area (TPSA) is 15.6 Å². The average Bonchev–Trinajstić information content (AvgIpc) is 2.54. The molecule has 0 atom stereocenters. The van der Waals surface area contributed by atoms with E-state index in [1.165, 1.54) is 44.4 Å². The lowest BCUT2D eigenvalue weighted by Gasteiger charge is -2.26. The average molecular weight is 238 g/mol. The Morgan fingerprint density at radius 2 is 1.82 bits per heavy atom. The van der Waals surface area contributed by atoms with Crippen molar-refractivity contribution in [1.82, 2.24) is 4.90 Å². The Kier molecular flexibility index (Phi) is 5.48. The van der Waals surface area contributed by atoms with E-state index < -0.39 is 0 Å². The highest BCUT2D eigenvalue weighted by Gasteiger charge is 2.31. The third-order valence-corrected chi connectivity index (χ3v) is 3.45. The van der Waals surface area contributed by atoms with Crippen molar-refractivity contribution in [2.45, 2.75) is 84.7 Å². The molecule has 0 spiro atoms. The molecule has 0 saturated carbocycles. The first-order chi connectivity index (χ1) is 7.96. The zero-order valence-corrected chi connectivity index (χ0v) is 12.4. The van der Waals surface area contributed by atoms with Crippen molar-refractivity contribution in [3.05, 3.63) is 0 Å². The highest BCUT2D eigenvalue weighted by molar-refractivity contribution is 5.84. The second kappa shape index (κ2) is 6.42. The highest BCUT2D eigenvalue weighted by atomic mass is 15.3. The second-order valence-corrected chi connectivity index (χ2v) is 6.23. The van der Waals surface area contributed by atoms with Gasteiger partial charge in [0.1, 0.15) is 0 Å². The second-order valence-electron chi connectivity index (χ2n) is 6.23. The molecule has 0 aromatic rings. The van der Waals surface area contributed by atoms with Gasteiger partial charge in [0, 0.05) is 19.0 Å². The molecule has 100 valence electrons. The van der Waals surface area contributed by atoms with Crippen LogP contribution in [-0.2, 0) is 0 Å². The molecule has 1 aliphatic rings. The number of rotatable bonds is 7. The molecular weight excluding hydrogens is 208 g/mol. The minimum absolute atomic E-state index is 0.128. The van der Waals surface area contributed by atoms with Crippen molar-refractivity contribution in [2.75, 3.05) is 6.54 Å². The van der Waals surface area contributed by atoms with Crippen LogP contribution in [0.2, 0.25) is 0 Å². The van der Waals surface area contributed by atoms with Crippen LogP contribution in [0.1, 0.15) is 73.1 Å². The molecule has 17 heavy (non-hydrogen) atoms. The quantitative estimate of drug-likeness (QED) is 0.605. The van der Waals surface area contributed by atoms with Crippen LogP contribution < -0.4 is 0 Å². The van der Waals surface area contributed by atoms with E-state index in [9.17, 15) is 0 Å². The molecule has 0 N–H and O–H groups in total. The summed E-state index contributed by atoms with van der Waals surface area (Å²) in [4.78, 5) is 7.37. The van der Waals surface area contributed by atoms with Gasteiger partial charge in [-0.1, -0.05) is 32.6 Å². The van der Waals surface area contributed by atoms with Gasteiger partial charge in [0.05, 0.1) is 11.4 Å². The van der Waals surface area contributed by atoms with Gasteiger partial charge in [-0.2, -0.15) is 0 Å². The first-order valence-corrected chi connectivity index (χ1v) is 7.31. The Hall–Kier alpha value is -0.530. The Balaban J connectivity index is 2.39. The summed E-state index contributed by atoms with van der Waals surface area (Å²) in [5.41, 5.74) is 0.128. The Morgan fingerprint density at radius 3 is 2.41 bits per heavy atom. The van der Waals surface area contributed by atoms with Crippen molar-refractivity contribution >= 4 is 5.84 Å². The van der Waals surface area contributed by atoms with E-state index >= 15 is 0 Å². The predicted octanol–water partition coefficient (Wildman–Crippen LogP) is 4.25. The summed E-state index contributed by atoms with van der Waals surface area (Å²) in [6.07, 6.45) is 7.93. The zero-order valence-electron chi connectivity index (χ0n) is 12.4. The molecule has 0 aromatic carbocycles. The van der Waals surface area contributed by atoms with Crippen LogP contribution in [0.5, 0.6) is 0 Å². The lowest BCUT2D eigenvalue weighted by atomic mass is 10.1. The molecule has 0 fully saturated rings. The third-order valence-electron chi connectivity index (χ3n) is 3.45. The molecule has 0 bridgehead atoms. The molecule has 0 aromatic heterocycles. The molecular formula is C15H30N2. The van der Waals surface area contributed by atoms with Crippen molar-refractivity contribution < 1.29 is 0 Å². The van der Waals surface area contributed by atoms with Crippen LogP contribution in [0.25, 0.3) is 0 Å². The van der Waals surface area contributed by atoms with Crippen LogP contribution in [0.3, 0.4) is 0 Å². The van der Waals surface area contributed by atoms with E-state index in [4.69, 9.17) is 4.99 Å². The van der Waals surface area contributed by atoms with Gasteiger partial charge in [-0.3, -0.25) is 4.99 Å². The number of amidine groups is 1. The van der Waals surface area contributed by atoms with Crippen LogP contribution in [0.4, 0.5) is 0 Å². The summed E-state index contributed by atoms with van der Waals surface area (Å²) < 4.78 is 0. The number of hydrogen-bond donors (Lipinski definition) is 0. The fraction of sp³-hybridized carbons (Fsp3) is 0.933. The largest absolute Gasteiger partial charge is 0.356 e. The summed E-state index contributed by atoms with van der Waals surface area (Å²) in [7, 11) is 0. The van der Waals surface area contributed by atoms with Crippen molar-refractivity contribution in [1.29, 1.82) is 0 Å². The zero-order chi connectivity index (χ0) is 12.9. The summed E-state index contributed by atoms with van der Waals surface area (Å²) in [6.45, 7) is 12.4. The lowest BCUT2D eigenvalue weighted by Crippen LogP contribution is -2.37. The summed E-state index contributed by atoms with van der Waals surface area (Å²) >= 11 is 0. The predicted molar refractivity (Wildman–Crippen MR) is 76.7 cm³/mol. The van der Waals surface area contributed by atoms with Gasteiger partial charge >= 0.3 is 0 Å². The minimum Gasteiger partial charge on any atom is -0.356 e. The molecule has 2 heteroatoms. The van der Waals surface area contributed by atoms with Crippen LogP contribution in [-0.4, -0.2) is 28.9 Å². The van der Waals surface area contributed by atoms with Crippen molar-refractivity contribution in [3.63, 3.8) is 0 Å². The van der Waals surface area contributed by atoms with Gasteiger partial charge in [0.25, 0.3) is 0 Å². The molecule has 0 saturated heterocycles. The molecule has 1 heterocycles. The normalized spacial score (nSPS) is 18.9. The molecule has 0 unspecified atom stereocenters. The fourth-order valence-corrected chi connectivity index (χ4v) is 2.52. The van der Waals surface area contributed by atoms with Gasteiger partial charge in [-0.25, -0.2) is 0 Å². The van der Waals surface area contributed by atoms with Crippen LogP contribution >= 0.6 is 0 Å². The maximum atomic E-state index is 4.88. The van der Waals surface area contributed by atoms with E-state index in [2.05, 4.69) is 39.5 Å². The van der Waals surface area contributed by atoms with E-state index in [0.717, 1.165) is 6.54 Å². The van der Waals surface area contributed by atoms with Crippen LogP contribution in [0, 0.1) is 0 Å². The maximum Gasteiger partial charge on any atom is 0.0999 e. The van der Waals surface area contributed by atoms with Gasteiger partial charge < -0.3 is 4.90 Å². The van der Waals surface area contributed by atoms with Gasteiger partial charge in [0.15, 0.2) is 0 Å². The highest BCUT2D eigenvalue weighted by Crippen LogP contribution is 2.24. The molecule has 1 aliphatic heterocycles.